The second-order valence-electron chi connectivity index (χ2n) is 13.7. The molecule has 0 aliphatic heterocycles. The van der Waals surface area contributed by atoms with Crippen molar-refractivity contribution in [2.24, 2.45) is 0 Å². The molecule has 250 valence electrons. The summed E-state index contributed by atoms with van der Waals surface area (Å²) in [5.41, 5.74) is 6.95. The van der Waals surface area contributed by atoms with E-state index in [1.54, 1.807) is 0 Å². The Morgan fingerprint density at radius 2 is 0.792 bits per heavy atom. The summed E-state index contributed by atoms with van der Waals surface area (Å²) >= 11 is 0. The first kappa shape index (κ1) is 31.1. The fourth-order valence-electron chi connectivity index (χ4n) is 8.61. The number of anilines is 3. The van der Waals surface area contributed by atoms with E-state index in [0.29, 0.717) is 0 Å². The Morgan fingerprint density at radius 1 is 0.321 bits per heavy atom. The van der Waals surface area contributed by atoms with Crippen molar-refractivity contribution in [1.82, 2.24) is 4.57 Å². The van der Waals surface area contributed by atoms with Crippen molar-refractivity contribution in [2.45, 2.75) is 0 Å². The Morgan fingerprint density at radius 3 is 1.38 bits per heavy atom. The van der Waals surface area contributed by atoms with E-state index < -0.39 is 8.07 Å². The van der Waals surface area contributed by atoms with Crippen LogP contribution in [0.1, 0.15) is 0 Å². The predicted octanol–water partition coefficient (Wildman–Crippen LogP) is 10.2. The van der Waals surface area contributed by atoms with E-state index in [-0.39, 0.29) is 0 Å². The van der Waals surface area contributed by atoms with Gasteiger partial charge in [0.05, 0.1) is 11.0 Å². The van der Waals surface area contributed by atoms with Crippen LogP contribution in [0.2, 0.25) is 0 Å². The van der Waals surface area contributed by atoms with E-state index in [1.165, 1.54) is 53.3 Å². The van der Waals surface area contributed by atoms with Crippen LogP contribution >= 0.6 is 0 Å². The van der Waals surface area contributed by atoms with Crippen LogP contribution in [0.3, 0.4) is 0 Å². The SMILES string of the molecule is c1ccc(N(c2ccc([Si](c3ccccc3)(c3ccccc3)c3ccccc3)cc2)c2cc3ccc4cccc5c4c3c(c2)n5-c2ccccc2)cc1. The van der Waals surface area contributed by atoms with E-state index in [2.05, 4.69) is 228 Å². The quantitative estimate of drug-likeness (QED) is 0.0875. The Hall–Kier alpha value is -6.68. The smallest absolute Gasteiger partial charge is 0.179 e. The maximum Gasteiger partial charge on any atom is 0.179 e. The molecule has 0 unspecified atom stereocenters. The molecule has 0 aliphatic rings. The van der Waals surface area contributed by atoms with Crippen LogP contribution in [0.15, 0.2) is 218 Å². The van der Waals surface area contributed by atoms with E-state index in [4.69, 9.17) is 0 Å². The van der Waals surface area contributed by atoms with Crippen LogP contribution in [0, 0.1) is 0 Å². The first-order valence-corrected chi connectivity index (χ1v) is 20.3. The average molecular weight is 693 g/mol. The summed E-state index contributed by atoms with van der Waals surface area (Å²) in [6.45, 7) is 0. The van der Waals surface area contributed by atoms with Crippen LogP contribution < -0.4 is 25.6 Å². The average Bonchev–Trinajstić information content (AvgIpc) is 3.58. The fraction of sp³-hybridized carbons (Fsp3) is 0. The molecule has 2 nitrogen and oxygen atoms in total. The zero-order valence-electron chi connectivity index (χ0n) is 29.2. The van der Waals surface area contributed by atoms with Gasteiger partial charge in [0.1, 0.15) is 0 Å². The van der Waals surface area contributed by atoms with Gasteiger partial charge in [-0.15, -0.1) is 0 Å². The van der Waals surface area contributed by atoms with Crippen LogP contribution in [-0.2, 0) is 0 Å². The Labute approximate surface area is 310 Å². The molecule has 9 aromatic carbocycles. The van der Waals surface area contributed by atoms with Gasteiger partial charge in [0.2, 0.25) is 0 Å². The summed E-state index contributed by atoms with van der Waals surface area (Å²) in [6.07, 6.45) is 0. The summed E-state index contributed by atoms with van der Waals surface area (Å²) in [5, 5.41) is 10.6. The summed E-state index contributed by atoms with van der Waals surface area (Å²) < 4.78 is 2.43. The summed E-state index contributed by atoms with van der Waals surface area (Å²) in [6, 6.07) is 80.3. The molecule has 0 saturated heterocycles. The number of hydrogen-bond acceptors (Lipinski definition) is 1. The highest BCUT2D eigenvalue weighted by molar-refractivity contribution is 7.19. The third-order valence-corrected chi connectivity index (χ3v) is 15.6. The first-order valence-electron chi connectivity index (χ1n) is 18.3. The second kappa shape index (κ2) is 12.8. The molecule has 1 aromatic heterocycles. The lowest BCUT2D eigenvalue weighted by Gasteiger charge is -2.35. The molecule has 10 aromatic rings. The van der Waals surface area contributed by atoms with Crippen molar-refractivity contribution >= 4 is 78.5 Å². The number of hydrogen-bond donors (Lipinski definition) is 0. The number of rotatable bonds is 8. The van der Waals surface area contributed by atoms with Gasteiger partial charge < -0.3 is 9.47 Å². The first-order chi connectivity index (χ1) is 26.3. The van der Waals surface area contributed by atoms with E-state index >= 15 is 0 Å². The largest absolute Gasteiger partial charge is 0.310 e. The molecule has 0 radical (unpaired) electrons. The Kier molecular flexibility index (Phi) is 7.52. The summed E-state index contributed by atoms with van der Waals surface area (Å²) in [4.78, 5) is 2.41. The van der Waals surface area contributed by atoms with Crippen LogP contribution in [0.4, 0.5) is 17.1 Å². The highest BCUT2D eigenvalue weighted by atomic mass is 28.3. The van der Waals surface area contributed by atoms with E-state index in [1.807, 2.05) is 0 Å². The predicted molar refractivity (Wildman–Crippen MR) is 228 cm³/mol. The zero-order chi connectivity index (χ0) is 35.2. The molecule has 0 aliphatic carbocycles. The topological polar surface area (TPSA) is 8.17 Å². The van der Waals surface area contributed by atoms with Gasteiger partial charge in [-0.05, 0) is 86.1 Å². The molecule has 3 heteroatoms. The zero-order valence-corrected chi connectivity index (χ0v) is 30.2. The van der Waals surface area contributed by atoms with Crippen molar-refractivity contribution < 1.29 is 0 Å². The molecule has 0 fully saturated rings. The molecule has 0 saturated carbocycles. The van der Waals surface area contributed by atoms with Gasteiger partial charge in [0.15, 0.2) is 8.07 Å². The standard InChI is InChI=1S/C50H36N2Si/c1-6-18-39(19-7-1)51(42-35-38-30-29-37-17-16-28-47-49(37)50(38)48(36-42)52(47)40-20-8-2-9-21-40)41-31-33-46(34-32-41)53(43-22-10-3-11-23-43,44-24-12-4-13-25-44)45-26-14-5-15-27-45/h1-36H. The molecule has 0 spiro atoms. The molecule has 0 amide bonds. The van der Waals surface area contributed by atoms with Crippen molar-refractivity contribution in [1.29, 1.82) is 0 Å². The molecule has 1 heterocycles. The molecule has 53 heavy (non-hydrogen) atoms. The minimum absolute atomic E-state index is 1.12. The molecular weight excluding hydrogens is 657 g/mol. The highest BCUT2D eigenvalue weighted by Crippen LogP contribution is 2.43. The van der Waals surface area contributed by atoms with Crippen molar-refractivity contribution in [3.63, 3.8) is 0 Å². The summed E-state index contributed by atoms with van der Waals surface area (Å²) in [5.74, 6) is 0. The van der Waals surface area contributed by atoms with Gasteiger partial charge in [0, 0.05) is 33.5 Å². The van der Waals surface area contributed by atoms with Gasteiger partial charge in [-0.2, -0.15) is 0 Å². The van der Waals surface area contributed by atoms with Gasteiger partial charge in [-0.3, -0.25) is 0 Å². The summed E-state index contributed by atoms with van der Waals surface area (Å²) in [7, 11) is -2.66. The van der Waals surface area contributed by atoms with Gasteiger partial charge in [-0.25, -0.2) is 0 Å². The fourth-order valence-corrected chi connectivity index (χ4v) is 13.4. The normalized spacial score (nSPS) is 11.8. The van der Waals surface area contributed by atoms with E-state index in [9.17, 15) is 0 Å². The number of nitrogens with zero attached hydrogens (tertiary/aromatic N) is 2. The van der Waals surface area contributed by atoms with Crippen molar-refractivity contribution in [2.75, 3.05) is 4.90 Å². The third-order valence-electron chi connectivity index (χ3n) is 10.8. The monoisotopic (exact) mass is 692 g/mol. The maximum absolute atomic E-state index is 2.66. The highest BCUT2D eigenvalue weighted by Gasteiger charge is 2.41. The molecule has 0 bridgehead atoms. The Bertz CT molecular complexity index is 2700. The van der Waals surface area contributed by atoms with Gasteiger partial charge in [0.25, 0.3) is 0 Å². The lowest BCUT2D eigenvalue weighted by molar-refractivity contribution is 1.18. The molecule has 0 N–H and O–H groups in total. The minimum atomic E-state index is -2.66. The Balaban J connectivity index is 1.20. The van der Waals surface area contributed by atoms with Gasteiger partial charge in [-0.1, -0.05) is 164 Å². The minimum Gasteiger partial charge on any atom is -0.310 e. The number of para-hydroxylation sites is 2. The number of benzene rings is 9. The van der Waals surface area contributed by atoms with Crippen LogP contribution in [0.25, 0.3) is 38.3 Å². The maximum atomic E-state index is 2.43. The molecule has 0 atom stereocenters. The second-order valence-corrected chi connectivity index (χ2v) is 17.6. The number of aromatic nitrogens is 1. The van der Waals surface area contributed by atoms with Crippen LogP contribution in [0.5, 0.6) is 0 Å². The van der Waals surface area contributed by atoms with Crippen molar-refractivity contribution in [3.8, 4) is 5.69 Å². The third kappa shape index (κ3) is 5.01. The van der Waals surface area contributed by atoms with E-state index in [0.717, 1.165) is 22.7 Å². The van der Waals surface area contributed by atoms with Crippen LogP contribution in [-0.4, -0.2) is 12.6 Å². The van der Waals surface area contributed by atoms with Crippen molar-refractivity contribution in [3.05, 3.63) is 218 Å². The molecule has 10 rings (SSSR count). The van der Waals surface area contributed by atoms with Gasteiger partial charge >= 0.3 is 0 Å². The lowest BCUT2D eigenvalue weighted by atomic mass is 10.0. The molecular formula is C50H36N2Si. The lowest BCUT2D eigenvalue weighted by Crippen LogP contribution is -2.74.